The van der Waals surface area contributed by atoms with Crippen molar-refractivity contribution in [3.63, 3.8) is 0 Å². The lowest BCUT2D eigenvalue weighted by molar-refractivity contribution is -0.140. The highest BCUT2D eigenvalue weighted by atomic mass is 16.5. The largest absolute Gasteiger partial charge is 0.480 e. The fourth-order valence-corrected chi connectivity index (χ4v) is 2.59. The molecule has 2 fully saturated rings. The second kappa shape index (κ2) is 6.87. The number of morpholine rings is 1. The predicted molar refractivity (Wildman–Crippen MR) is 69.4 cm³/mol. The van der Waals surface area contributed by atoms with Crippen LogP contribution in [0.1, 0.15) is 6.42 Å². The van der Waals surface area contributed by atoms with Crippen LogP contribution in [0.25, 0.3) is 0 Å². The Morgan fingerprint density at radius 3 is 2.60 bits per heavy atom. The zero-order valence-electron chi connectivity index (χ0n) is 11.3. The Kier molecular flexibility index (Phi) is 5.16. The van der Waals surface area contributed by atoms with E-state index in [1.165, 1.54) is 0 Å². The second-order valence-electron chi connectivity index (χ2n) is 5.06. The van der Waals surface area contributed by atoms with Crippen LogP contribution in [0.2, 0.25) is 0 Å². The maximum atomic E-state index is 11.9. The van der Waals surface area contributed by atoms with Crippen LogP contribution >= 0.6 is 0 Å². The van der Waals surface area contributed by atoms with Crippen LogP contribution in [-0.2, 0) is 9.53 Å². The average molecular weight is 287 g/mol. The molecular formula is C12H21N3O5. The molecule has 0 aliphatic carbocycles. The Hall–Kier alpha value is -1.38. The fraction of sp³-hybridized carbons (Fsp3) is 0.833. The predicted octanol–water partition coefficient (Wildman–Crippen LogP) is -1.45. The van der Waals surface area contributed by atoms with Crippen molar-refractivity contribution in [2.45, 2.75) is 18.5 Å². The van der Waals surface area contributed by atoms with E-state index in [0.29, 0.717) is 32.3 Å². The van der Waals surface area contributed by atoms with Gasteiger partial charge in [-0.25, -0.2) is 9.59 Å². The molecule has 0 aromatic rings. The topological polar surface area (TPSA) is 102 Å². The minimum Gasteiger partial charge on any atom is -0.480 e. The monoisotopic (exact) mass is 287 g/mol. The number of rotatable bonds is 4. The molecule has 2 rings (SSSR count). The van der Waals surface area contributed by atoms with Gasteiger partial charge >= 0.3 is 12.0 Å². The SMILES string of the molecule is O=C(O)[C@H](CO)NC(=O)N1CCC(N2CCOCC2)C1. The van der Waals surface area contributed by atoms with E-state index >= 15 is 0 Å². The lowest BCUT2D eigenvalue weighted by atomic mass is 10.2. The molecule has 2 amide bonds. The molecule has 0 aromatic carbocycles. The summed E-state index contributed by atoms with van der Waals surface area (Å²) in [5.41, 5.74) is 0. The van der Waals surface area contributed by atoms with Gasteiger partial charge in [0.1, 0.15) is 0 Å². The van der Waals surface area contributed by atoms with Crippen molar-refractivity contribution >= 4 is 12.0 Å². The number of carboxylic acid groups (broad SMARTS) is 1. The summed E-state index contributed by atoms with van der Waals surface area (Å²) in [5.74, 6) is -1.23. The number of urea groups is 1. The third-order valence-electron chi connectivity index (χ3n) is 3.79. The van der Waals surface area contributed by atoms with E-state index in [0.717, 1.165) is 19.5 Å². The summed E-state index contributed by atoms with van der Waals surface area (Å²) in [6.07, 6.45) is 0.879. The summed E-state index contributed by atoms with van der Waals surface area (Å²) >= 11 is 0. The van der Waals surface area contributed by atoms with Crippen LogP contribution in [0.3, 0.4) is 0 Å². The summed E-state index contributed by atoms with van der Waals surface area (Å²) < 4.78 is 5.30. The standard InChI is InChI=1S/C12H21N3O5/c16-8-10(11(17)18)13-12(19)15-2-1-9(7-15)14-3-5-20-6-4-14/h9-10,16H,1-8H2,(H,13,19)(H,17,18)/t9?,10-/m0/s1. The first-order valence-corrected chi connectivity index (χ1v) is 6.82. The van der Waals surface area contributed by atoms with Crippen LogP contribution in [0, 0.1) is 0 Å². The highest BCUT2D eigenvalue weighted by molar-refractivity contribution is 5.82. The molecule has 3 N–H and O–H groups in total. The number of hydrogen-bond donors (Lipinski definition) is 3. The van der Waals surface area contributed by atoms with Gasteiger partial charge in [0, 0.05) is 32.2 Å². The zero-order chi connectivity index (χ0) is 14.5. The van der Waals surface area contributed by atoms with Gasteiger partial charge in [-0.15, -0.1) is 0 Å². The highest BCUT2D eigenvalue weighted by Gasteiger charge is 2.32. The summed E-state index contributed by atoms with van der Waals surface area (Å²) in [6, 6.07) is -1.37. The maximum Gasteiger partial charge on any atom is 0.328 e. The number of likely N-dealkylation sites (tertiary alicyclic amines) is 1. The second-order valence-corrected chi connectivity index (χ2v) is 5.06. The van der Waals surface area contributed by atoms with Crippen LogP contribution < -0.4 is 5.32 Å². The molecule has 8 heteroatoms. The number of carbonyl (C=O) groups is 2. The fourth-order valence-electron chi connectivity index (χ4n) is 2.59. The number of carbonyl (C=O) groups excluding carboxylic acids is 1. The summed E-state index contributed by atoms with van der Waals surface area (Å²) in [6.45, 7) is 3.75. The van der Waals surface area contributed by atoms with Crippen molar-refractivity contribution in [3.05, 3.63) is 0 Å². The maximum absolute atomic E-state index is 11.9. The number of aliphatic carboxylic acids is 1. The number of nitrogens with zero attached hydrogens (tertiary/aromatic N) is 2. The molecule has 0 saturated carbocycles. The average Bonchev–Trinajstić information content (AvgIpc) is 2.95. The van der Waals surface area contributed by atoms with Crippen LogP contribution in [0.4, 0.5) is 4.79 Å². The normalized spacial score (nSPS) is 25.4. The van der Waals surface area contributed by atoms with Crippen molar-refractivity contribution in [2.75, 3.05) is 46.0 Å². The van der Waals surface area contributed by atoms with Crippen LogP contribution in [0.15, 0.2) is 0 Å². The number of carboxylic acids is 1. The van der Waals surface area contributed by atoms with Crippen LogP contribution in [-0.4, -0.2) is 90.1 Å². The molecule has 114 valence electrons. The van der Waals surface area contributed by atoms with E-state index < -0.39 is 24.6 Å². The van der Waals surface area contributed by atoms with Gasteiger partial charge in [-0.05, 0) is 6.42 Å². The smallest absolute Gasteiger partial charge is 0.328 e. The molecule has 0 spiro atoms. The molecule has 1 unspecified atom stereocenters. The molecule has 0 aromatic heterocycles. The van der Waals surface area contributed by atoms with Crippen molar-refractivity contribution in [3.8, 4) is 0 Å². The summed E-state index contributed by atoms with van der Waals surface area (Å²) in [7, 11) is 0. The molecule has 2 aliphatic rings. The van der Waals surface area contributed by atoms with E-state index in [1.807, 2.05) is 0 Å². The first kappa shape index (κ1) is 15.0. The number of ether oxygens (including phenoxy) is 1. The lowest BCUT2D eigenvalue weighted by Crippen LogP contribution is -2.50. The molecular weight excluding hydrogens is 266 g/mol. The van der Waals surface area contributed by atoms with E-state index in [9.17, 15) is 9.59 Å². The molecule has 2 heterocycles. The Bertz CT molecular complexity index is 359. The van der Waals surface area contributed by atoms with Gasteiger partial charge in [-0.1, -0.05) is 0 Å². The van der Waals surface area contributed by atoms with Gasteiger partial charge in [0.2, 0.25) is 0 Å². The van der Waals surface area contributed by atoms with E-state index in [4.69, 9.17) is 14.9 Å². The quantitative estimate of drug-likeness (QED) is 0.584. The van der Waals surface area contributed by atoms with Gasteiger partial charge in [0.25, 0.3) is 0 Å². The van der Waals surface area contributed by atoms with Gasteiger partial charge in [-0.3, -0.25) is 4.90 Å². The number of aliphatic hydroxyl groups excluding tert-OH is 1. The molecule has 2 aliphatic heterocycles. The first-order valence-electron chi connectivity index (χ1n) is 6.82. The van der Waals surface area contributed by atoms with Gasteiger partial charge in [0.15, 0.2) is 6.04 Å². The minimum atomic E-state index is -1.25. The number of amides is 2. The Labute approximate surface area is 117 Å². The van der Waals surface area contributed by atoms with Gasteiger partial charge in [0.05, 0.1) is 19.8 Å². The van der Waals surface area contributed by atoms with Gasteiger partial charge in [-0.2, -0.15) is 0 Å². The van der Waals surface area contributed by atoms with Crippen molar-refractivity contribution in [2.24, 2.45) is 0 Å². The van der Waals surface area contributed by atoms with Crippen molar-refractivity contribution < 1.29 is 24.5 Å². The molecule has 0 radical (unpaired) electrons. The van der Waals surface area contributed by atoms with E-state index in [2.05, 4.69) is 10.2 Å². The third kappa shape index (κ3) is 3.59. The van der Waals surface area contributed by atoms with E-state index in [-0.39, 0.29) is 0 Å². The van der Waals surface area contributed by atoms with Crippen molar-refractivity contribution in [1.82, 2.24) is 15.1 Å². The number of aliphatic hydroxyl groups is 1. The third-order valence-corrected chi connectivity index (χ3v) is 3.79. The number of hydrogen-bond acceptors (Lipinski definition) is 5. The first-order chi connectivity index (χ1) is 9.61. The molecule has 2 saturated heterocycles. The van der Waals surface area contributed by atoms with Crippen LogP contribution in [0.5, 0.6) is 0 Å². The summed E-state index contributed by atoms with van der Waals surface area (Å²) in [5, 5.41) is 20.0. The highest BCUT2D eigenvalue weighted by Crippen LogP contribution is 2.17. The van der Waals surface area contributed by atoms with E-state index in [1.54, 1.807) is 4.90 Å². The van der Waals surface area contributed by atoms with Gasteiger partial charge < -0.3 is 25.2 Å². The zero-order valence-corrected chi connectivity index (χ0v) is 11.3. The summed E-state index contributed by atoms with van der Waals surface area (Å²) in [4.78, 5) is 26.6. The van der Waals surface area contributed by atoms with Crippen molar-refractivity contribution in [1.29, 1.82) is 0 Å². The Balaban J connectivity index is 1.82. The minimum absolute atomic E-state index is 0.307. The molecule has 0 bridgehead atoms. The lowest BCUT2D eigenvalue weighted by Gasteiger charge is -2.32. The number of nitrogens with one attached hydrogen (secondary N) is 1. The molecule has 8 nitrogen and oxygen atoms in total. The molecule has 20 heavy (non-hydrogen) atoms. The Morgan fingerprint density at radius 2 is 2.00 bits per heavy atom. The molecule has 2 atom stereocenters. The Morgan fingerprint density at radius 1 is 1.30 bits per heavy atom.